The molecule has 0 aromatic rings. The number of rotatable bonds is 4. The molecule has 0 aromatic carbocycles. The number of hydrogen-bond acceptors (Lipinski definition) is 2. The van der Waals surface area contributed by atoms with Crippen LogP contribution in [0.2, 0.25) is 0 Å². The van der Waals surface area contributed by atoms with Crippen molar-refractivity contribution in [3.63, 3.8) is 0 Å². The van der Waals surface area contributed by atoms with E-state index in [1.807, 2.05) is 6.92 Å². The number of carboxylic acids is 1. The van der Waals surface area contributed by atoms with Gasteiger partial charge in [0.25, 0.3) is 0 Å². The van der Waals surface area contributed by atoms with Crippen molar-refractivity contribution in [2.45, 2.75) is 26.7 Å². The van der Waals surface area contributed by atoms with Gasteiger partial charge in [-0.15, -0.1) is 6.58 Å². The first-order valence-corrected chi connectivity index (χ1v) is 4.35. The molecular weight excluding hydrogens is 168 g/mol. The second-order valence-corrected chi connectivity index (χ2v) is 3.66. The molecule has 0 radical (unpaired) electrons. The van der Waals surface area contributed by atoms with Gasteiger partial charge in [-0.05, 0) is 19.8 Å². The monoisotopic (exact) mass is 182 g/mol. The van der Waals surface area contributed by atoms with E-state index in [0.717, 1.165) is 0 Å². The summed E-state index contributed by atoms with van der Waals surface area (Å²) in [6.07, 6.45) is 2.68. The minimum Gasteiger partial charge on any atom is -0.480 e. The minimum atomic E-state index is -1.18. The third kappa shape index (κ3) is 0.961. The lowest BCUT2D eigenvalue weighted by molar-refractivity contribution is -0.149. The number of hydrogen-bond donors (Lipinski definition) is 1. The average molecular weight is 182 g/mol. The normalized spacial score (nSPS) is 36.8. The molecule has 1 fully saturated rings. The first kappa shape index (κ1) is 9.96. The molecule has 13 heavy (non-hydrogen) atoms. The highest BCUT2D eigenvalue weighted by atomic mass is 16.4. The first-order valence-electron chi connectivity index (χ1n) is 4.35. The Balaban J connectivity index is 3.08. The van der Waals surface area contributed by atoms with E-state index in [2.05, 4.69) is 6.58 Å². The van der Waals surface area contributed by atoms with Gasteiger partial charge in [0.05, 0.1) is 0 Å². The maximum Gasteiger partial charge on any atom is 0.318 e. The number of Topliss-reactive ketones (excluding diaryl/α,β-unsaturated/α-hetero) is 1. The van der Waals surface area contributed by atoms with E-state index in [4.69, 9.17) is 5.11 Å². The van der Waals surface area contributed by atoms with Crippen LogP contribution in [-0.2, 0) is 9.59 Å². The van der Waals surface area contributed by atoms with Gasteiger partial charge in [-0.3, -0.25) is 9.59 Å². The zero-order valence-electron chi connectivity index (χ0n) is 7.96. The van der Waals surface area contributed by atoms with Crippen LogP contribution in [0.25, 0.3) is 0 Å². The molecule has 0 bridgehead atoms. The Kier molecular flexibility index (Phi) is 2.06. The lowest BCUT2D eigenvalue weighted by Gasteiger charge is -2.14. The number of carbonyl (C=O) groups excluding carboxylic acids is 1. The van der Waals surface area contributed by atoms with Crippen LogP contribution in [0.3, 0.4) is 0 Å². The molecule has 1 N–H and O–H groups in total. The summed E-state index contributed by atoms with van der Waals surface area (Å²) in [5.74, 6) is -1.27. The highest BCUT2D eigenvalue weighted by molar-refractivity contribution is 6.07. The summed E-state index contributed by atoms with van der Waals surface area (Å²) in [7, 11) is 0. The largest absolute Gasteiger partial charge is 0.480 e. The minimum absolute atomic E-state index is 0.262. The Bertz CT molecular complexity index is 266. The summed E-state index contributed by atoms with van der Waals surface area (Å²) in [6.45, 7) is 6.84. The van der Waals surface area contributed by atoms with Crippen LogP contribution in [0.15, 0.2) is 12.7 Å². The Hall–Kier alpha value is -1.12. The molecule has 3 heteroatoms. The van der Waals surface area contributed by atoms with Crippen LogP contribution < -0.4 is 0 Å². The lowest BCUT2D eigenvalue weighted by Crippen LogP contribution is -2.29. The van der Waals surface area contributed by atoms with Crippen molar-refractivity contribution >= 4 is 11.8 Å². The maximum atomic E-state index is 11.3. The van der Waals surface area contributed by atoms with Gasteiger partial charge in [0.2, 0.25) is 0 Å². The molecule has 1 saturated carbocycles. The van der Waals surface area contributed by atoms with Crippen LogP contribution in [0.4, 0.5) is 0 Å². The summed E-state index contributed by atoms with van der Waals surface area (Å²) < 4.78 is 0. The van der Waals surface area contributed by atoms with Gasteiger partial charge in [-0.25, -0.2) is 0 Å². The van der Waals surface area contributed by atoms with Gasteiger partial charge < -0.3 is 5.11 Å². The predicted octanol–water partition coefficient (Wildman–Crippen LogP) is 1.63. The number of ketones is 1. The Morgan fingerprint density at radius 1 is 1.62 bits per heavy atom. The van der Waals surface area contributed by atoms with Crippen molar-refractivity contribution in [1.29, 1.82) is 0 Å². The average Bonchev–Trinajstić information content (AvgIpc) is 2.75. The molecule has 0 spiro atoms. The molecule has 72 valence electrons. The van der Waals surface area contributed by atoms with E-state index >= 15 is 0 Å². The first-order chi connectivity index (χ1) is 5.97. The Labute approximate surface area is 77.4 Å². The van der Waals surface area contributed by atoms with Crippen molar-refractivity contribution in [2.24, 2.45) is 10.8 Å². The molecule has 0 aromatic heterocycles. The van der Waals surface area contributed by atoms with Gasteiger partial charge in [0.1, 0.15) is 11.2 Å². The van der Waals surface area contributed by atoms with E-state index in [1.54, 1.807) is 6.08 Å². The summed E-state index contributed by atoms with van der Waals surface area (Å²) in [6, 6.07) is 0. The molecule has 2 unspecified atom stereocenters. The predicted molar refractivity (Wildman–Crippen MR) is 48.3 cm³/mol. The van der Waals surface area contributed by atoms with Gasteiger partial charge in [-0.1, -0.05) is 13.0 Å². The number of carboxylic acid groups (broad SMARTS) is 1. The second kappa shape index (κ2) is 2.69. The molecule has 0 heterocycles. The molecule has 1 aliphatic rings. The second-order valence-electron chi connectivity index (χ2n) is 3.66. The van der Waals surface area contributed by atoms with E-state index < -0.39 is 16.8 Å². The molecular formula is C10H14O3. The third-order valence-electron chi connectivity index (χ3n) is 3.29. The van der Waals surface area contributed by atoms with E-state index in [-0.39, 0.29) is 5.78 Å². The Morgan fingerprint density at radius 2 is 2.15 bits per heavy atom. The number of aliphatic carboxylic acids is 1. The zero-order chi connectivity index (χ0) is 10.3. The molecule has 1 aliphatic carbocycles. The zero-order valence-corrected chi connectivity index (χ0v) is 7.96. The molecule has 3 nitrogen and oxygen atoms in total. The molecule has 1 rings (SSSR count). The number of carbonyl (C=O) groups is 2. The van der Waals surface area contributed by atoms with E-state index in [0.29, 0.717) is 12.8 Å². The maximum absolute atomic E-state index is 11.3. The summed E-state index contributed by atoms with van der Waals surface area (Å²) in [5.41, 5.74) is -1.67. The highest BCUT2D eigenvalue weighted by Gasteiger charge is 2.72. The fourth-order valence-corrected chi connectivity index (χ4v) is 2.16. The van der Waals surface area contributed by atoms with Crippen LogP contribution >= 0.6 is 0 Å². The molecule has 0 saturated heterocycles. The van der Waals surface area contributed by atoms with Crippen molar-refractivity contribution in [1.82, 2.24) is 0 Å². The van der Waals surface area contributed by atoms with Crippen molar-refractivity contribution in [3.8, 4) is 0 Å². The molecule has 2 atom stereocenters. The van der Waals surface area contributed by atoms with Crippen LogP contribution in [-0.4, -0.2) is 16.9 Å². The highest BCUT2D eigenvalue weighted by Crippen LogP contribution is 2.67. The van der Waals surface area contributed by atoms with Gasteiger partial charge in [-0.2, -0.15) is 0 Å². The molecule has 0 aliphatic heterocycles. The smallest absolute Gasteiger partial charge is 0.318 e. The molecule has 0 amide bonds. The van der Waals surface area contributed by atoms with Gasteiger partial charge >= 0.3 is 5.97 Å². The summed E-state index contributed by atoms with van der Waals surface area (Å²) >= 11 is 0. The van der Waals surface area contributed by atoms with Gasteiger partial charge in [0, 0.05) is 5.41 Å². The topological polar surface area (TPSA) is 54.4 Å². The third-order valence-corrected chi connectivity index (χ3v) is 3.29. The van der Waals surface area contributed by atoms with Crippen molar-refractivity contribution in [3.05, 3.63) is 12.7 Å². The van der Waals surface area contributed by atoms with Crippen LogP contribution in [0.1, 0.15) is 26.7 Å². The van der Waals surface area contributed by atoms with Gasteiger partial charge in [0.15, 0.2) is 0 Å². The lowest BCUT2D eigenvalue weighted by atomic mass is 9.87. The standard InChI is InChI=1S/C10H14O3/c1-4-9(5-2)6-10(9,7(3)11)8(12)13/h4H,1,5-6H2,2-3H3,(H,12,13). The quantitative estimate of drug-likeness (QED) is 0.531. The Morgan fingerprint density at radius 3 is 2.23 bits per heavy atom. The summed E-state index contributed by atoms with van der Waals surface area (Å²) in [5, 5.41) is 9.00. The van der Waals surface area contributed by atoms with Crippen LogP contribution in [0, 0.1) is 10.8 Å². The van der Waals surface area contributed by atoms with Crippen LogP contribution in [0.5, 0.6) is 0 Å². The summed E-state index contributed by atoms with van der Waals surface area (Å²) in [4.78, 5) is 22.3. The van der Waals surface area contributed by atoms with E-state index in [1.165, 1.54) is 6.92 Å². The van der Waals surface area contributed by atoms with Crippen molar-refractivity contribution in [2.75, 3.05) is 0 Å². The number of allylic oxidation sites excluding steroid dienone is 1. The SMILES string of the molecule is C=CC1(CC)CC1(C(C)=O)C(=O)O. The van der Waals surface area contributed by atoms with E-state index in [9.17, 15) is 9.59 Å². The fraction of sp³-hybridized carbons (Fsp3) is 0.600. The fourth-order valence-electron chi connectivity index (χ4n) is 2.16. The van der Waals surface area contributed by atoms with Crippen molar-refractivity contribution < 1.29 is 14.7 Å².